The van der Waals surface area contributed by atoms with Crippen LogP contribution in [0.4, 0.5) is 21.8 Å². The molecule has 190 valence electrons. The van der Waals surface area contributed by atoms with Crippen LogP contribution in [-0.4, -0.2) is 69.8 Å². The SMILES string of the molecule is O=C(C1CCC(Nc2ncc3ncnc(Nc4ccc(F)c(Cl)c4)c3n2)CC1)N1CCS(=O)(=O)CC1. The van der Waals surface area contributed by atoms with Gasteiger partial charge in [-0.2, -0.15) is 0 Å². The van der Waals surface area contributed by atoms with Crippen LogP contribution in [-0.2, 0) is 14.6 Å². The van der Waals surface area contributed by atoms with E-state index in [1.165, 1.54) is 18.5 Å². The lowest BCUT2D eigenvalue weighted by molar-refractivity contribution is -0.136. The van der Waals surface area contributed by atoms with Gasteiger partial charge in [0.2, 0.25) is 11.9 Å². The number of amides is 1. The van der Waals surface area contributed by atoms with Crippen LogP contribution in [0.2, 0.25) is 5.02 Å². The first-order valence-electron chi connectivity index (χ1n) is 11.7. The summed E-state index contributed by atoms with van der Waals surface area (Å²) in [5.41, 5.74) is 1.60. The maximum absolute atomic E-state index is 13.5. The lowest BCUT2D eigenvalue weighted by atomic mass is 9.85. The van der Waals surface area contributed by atoms with Crippen molar-refractivity contribution in [2.45, 2.75) is 31.7 Å². The predicted molar refractivity (Wildman–Crippen MR) is 134 cm³/mol. The Labute approximate surface area is 212 Å². The van der Waals surface area contributed by atoms with Gasteiger partial charge in [0.05, 0.1) is 22.7 Å². The number of nitrogens with one attached hydrogen (secondary N) is 2. The molecule has 1 aliphatic heterocycles. The Hall–Kier alpha value is -3.12. The molecule has 1 saturated heterocycles. The number of hydrogen-bond acceptors (Lipinski definition) is 9. The highest BCUT2D eigenvalue weighted by Crippen LogP contribution is 2.29. The zero-order valence-electron chi connectivity index (χ0n) is 19.3. The summed E-state index contributed by atoms with van der Waals surface area (Å²) in [5, 5.41) is 6.45. The number of benzene rings is 1. The van der Waals surface area contributed by atoms with Crippen molar-refractivity contribution in [3.05, 3.63) is 41.6 Å². The third-order valence-electron chi connectivity index (χ3n) is 6.63. The van der Waals surface area contributed by atoms with Gasteiger partial charge in [-0.25, -0.2) is 32.7 Å². The summed E-state index contributed by atoms with van der Waals surface area (Å²) < 4.78 is 36.8. The molecule has 0 bridgehead atoms. The Balaban J connectivity index is 1.23. The highest BCUT2D eigenvalue weighted by molar-refractivity contribution is 7.91. The fourth-order valence-corrected chi connectivity index (χ4v) is 5.97. The molecule has 3 aromatic rings. The molecule has 1 amide bonds. The van der Waals surface area contributed by atoms with Gasteiger partial charge in [0, 0.05) is 30.7 Å². The summed E-state index contributed by atoms with van der Waals surface area (Å²) in [6, 6.07) is 4.39. The first-order valence-corrected chi connectivity index (χ1v) is 13.9. The normalized spacial score (nSPS) is 21.8. The first-order chi connectivity index (χ1) is 17.3. The largest absolute Gasteiger partial charge is 0.351 e. The average molecular weight is 534 g/mol. The number of carbonyl (C=O) groups is 1. The molecule has 2 N–H and O–H groups in total. The van der Waals surface area contributed by atoms with Gasteiger partial charge in [-0.15, -0.1) is 0 Å². The molecule has 36 heavy (non-hydrogen) atoms. The van der Waals surface area contributed by atoms with Crippen molar-refractivity contribution in [1.82, 2.24) is 24.8 Å². The summed E-state index contributed by atoms with van der Waals surface area (Å²) in [6.45, 7) is 0.569. The van der Waals surface area contributed by atoms with E-state index in [1.807, 2.05) is 0 Å². The fourth-order valence-electron chi connectivity index (χ4n) is 4.58. The van der Waals surface area contributed by atoms with Crippen molar-refractivity contribution in [3.8, 4) is 0 Å². The summed E-state index contributed by atoms with van der Waals surface area (Å²) in [4.78, 5) is 32.0. The van der Waals surface area contributed by atoms with Crippen LogP contribution < -0.4 is 10.6 Å². The smallest absolute Gasteiger partial charge is 0.225 e. The van der Waals surface area contributed by atoms with E-state index in [4.69, 9.17) is 11.6 Å². The maximum atomic E-state index is 13.5. The molecule has 0 unspecified atom stereocenters. The highest BCUT2D eigenvalue weighted by Gasteiger charge is 2.32. The minimum Gasteiger partial charge on any atom is -0.351 e. The predicted octanol–water partition coefficient (Wildman–Crippen LogP) is 3.18. The highest BCUT2D eigenvalue weighted by atomic mass is 35.5. The zero-order chi connectivity index (χ0) is 25.3. The van der Waals surface area contributed by atoms with Crippen molar-refractivity contribution >= 4 is 55.8 Å². The van der Waals surface area contributed by atoms with Crippen LogP contribution in [0.15, 0.2) is 30.7 Å². The van der Waals surface area contributed by atoms with E-state index in [0.29, 0.717) is 41.3 Å². The monoisotopic (exact) mass is 533 g/mol. The van der Waals surface area contributed by atoms with E-state index in [-0.39, 0.29) is 47.5 Å². The van der Waals surface area contributed by atoms with Crippen LogP contribution in [0.3, 0.4) is 0 Å². The molecule has 0 spiro atoms. The molecule has 5 rings (SSSR count). The number of nitrogens with zero attached hydrogens (tertiary/aromatic N) is 5. The standard InChI is InChI=1S/C23H25ClFN7O3S/c24-17-11-16(5-6-18(17)25)29-21-20-19(27-13-28-21)12-26-23(31-20)30-15-3-1-14(2-4-15)22(33)32-7-9-36(34,35)10-8-32/h5-6,11-15H,1-4,7-10H2,(H,26,30,31)(H,27,28,29). The molecule has 2 aromatic heterocycles. The van der Waals surface area contributed by atoms with Gasteiger partial charge >= 0.3 is 0 Å². The number of hydrogen-bond donors (Lipinski definition) is 2. The minimum atomic E-state index is -3.02. The van der Waals surface area contributed by atoms with Gasteiger partial charge in [0.1, 0.15) is 23.2 Å². The van der Waals surface area contributed by atoms with Crippen LogP contribution >= 0.6 is 11.6 Å². The minimum absolute atomic E-state index is 0.00486. The number of sulfone groups is 1. The zero-order valence-corrected chi connectivity index (χ0v) is 20.9. The molecule has 1 aromatic carbocycles. The molecule has 0 radical (unpaired) electrons. The van der Waals surface area contributed by atoms with Gasteiger partial charge in [0.25, 0.3) is 0 Å². The summed E-state index contributed by atoms with van der Waals surface area (Å²) in [7, 11) is -3.02. The van der Waals surface area contributed by atoms with Crippen molar-refractivity contribution in [2.75, 3.05) is 35.2 Å². The van der Waals surface area contributed by atoms with E-state index in [0.717, 1.165) is 12.8 Å². The van der Waals surface area contributed by atoms with Crippen molar-refractivity contribution in [2.24, 2.45) is 5.92 Å². The molecule has 1 aliphatic carbocycles. The van der Waals surface area contributed by atoms with Gasteiger partial charge < -0.3 is 15.5 Å². The third kappa shape index (κ3) is 5.49. The lowest BCUT2D eigenvalue weighted by Crippen LogP contribution is -2.47. The van der Waals surface area contributed by atoms with Gasteiger partial charge in [0.15, 0.2) is 15.7 Å². The Morgan fingerprint density at radius 1 is 1.08 bits per heavy atom. The second-order valence-corrected chi connectivity index (χ2v) is 11.8. The molecule has 1 saturated carbocycles. The van der Waals surface area contributed by atoms with Crippen molar-refractivity contribution < 1.29 is 17.6 Å². The van der Waals surface area contributed by atoms with E-state index in [2.05, 4.69) is 30.6 Å². The Morgan fingerprint density at radius 3 is 2.56 bits per heavy atom. The van der Waals surface area contributed by atoms with Gasteiger partial charge in [-0.3, -0.25) is 4.79 Å². The molecule has 3 heterocycles. The number of aromatic nitrogens is 4. The Kier molecular flexibility index (Phi) is 6.89. The Bertz CT molecular complexity index is 1390. The van der Waals surface area contributed by atoms with E-state index in [9.17, 15) is 17.6 Å². The second kappa shape index (κ2) is 10.1. The lowest BCUT2D eigenvalue weighted by Gasteiger charge is -2.34. The van der Waals surface area contributed by atoms with Crippen LogP contribution in [0, 0.1) is 11.7 Å². The summed E-state index contributed by atoms with van der Waals surface area (Å²) in [5.74, 6) is 0.406. The second-order valence-electron chi connectivity index (χ2n) is 9.07. The van der Waals surface area contributed by atoms with Crippen molar-refractivity contribution in [1.29, 1.82) is 0 Å². The maximum Gasteiger partial charge on any atom is 0.225 e. The van der Waals surface area contributed by atoms with E-state index >= 15 is 0 Å². The molecule has 13 heteroatoms. The average Bonchev–Trinajstić information content (AvgIpc) is 2.87. The number of rotatable bonds is 5. The summed E-state index contributed by atoms with van der Waals surface area (Å²) >= 11 is 5.89. The number of halogens is 2. The summed E-state index contributed by atoms with van der Waals surface area (Å²) in [6.07, 6.45) is 5.98. The topological polar surface area (TPSA) is 130 Å². The van der Waals surface area contributed by atoms with Gasteiger partial charge in [-0.1, -0.05) is 11.6 Å². The van der Waals surface area contributed by atoms with Gasteiger partial charge in [-0.05, 0) is 43.9 Å². The molecule has 0 atom stereocenters. The molecular weight excluding hydrogens is 509 g/mol. The number of anilines is 3. The van der Waals surface area contributed by atoms with E-state index in [1.54, 1.807) is 17.2 Å². The Morgan fingerprint density at radius 2 is 1.83 bits per heavy atom. The van der Waals surface area contributed by atoms with Crippen LogP contribution in [0.1, 0.15) is 25.7 Å². The fraction of sp³-hybridized carbons (Fsp3) is 0.435. The molecular formula is C23H25ClFN7O3S. The number of fused-ring (bicyclic) bond motifs is 1. The van der Waals surface area contributed by atoms with E-state index < -0.39 is 15.7 Å². The third-order valence-corrected chi connectivity index (χ3v) is 8.52. The molecule has 2 aliphatic rings. The van der Waals surface area contributed by atoms with Crippen molar-refractivity contribution in [3.63, 3.8) is 0 Å². The number of carbonyl (C=O) groups excluding carboxylic acids is 1. The van der Waals surface area contributed by atoms with Crippen LogP contribution in [0.5, 0.6) is 0 Å². The molecule has 2 fully saturated rings. The first kappa shape index (κ1) is 24.6. The van der Waals surface area contributed by atoms with Crippen LogP contribution in [0.25, 0.3) is 11.0 Å². The molecule has 10 nitrogen and oxygen atoms in total. The quantitative estimate of drug-likeness (QED) is 0.507.